The predicted molar refractivity (Wildman–Crippen MR) is 251 cm³/mol. The number of ketones is 1. The molecule has 0 radical (unpaired) electrons. The van der Waals surface area contributed by atoms with Crippen molar-refractivity contribution in [3.8, 4) is 5.75 Å². The molecule has 0 aliphatic rings. The number of ether oxygens (including phenoxy) is 1. The van der Waals surface area contributed by atoms with Gasteiger partial charge in [0.05, 0.1) is 18.9 Å². The Morgan fingerprint density at radius 2 is 1.13 bits per heavy atom. The third kappa shape index (κ3) is 21.7. The van der Waals surface area contributed by atoms with Gasteiger partial charge in [-0.15, -0.1) is 0 Å². The van der Waals surface area contributed by atoms with Crippen molar-refractivity contribution < 1.29 is 72.8 Å². The highest BCUT2D eigenvalue weighted by Gasteiger charge is 2.39. The third-order valence-corrected chi connectivity index (χ3v) is 10.6. The van der Waals surface area contributed by atoms with Crippen LogP contribution in [0.15, 0.2) is 54.6 Å². The minimum absolute atomic E-state index is 0.0696. The number of aliphatic carboxylic acids is 3. The van der Waals surface area contributed by atoms with Gasteiger partial charge in [-0.25, -0.2) is 0 Å². The van der Waals surface area contributed by atoms with Crippen molar-refractivity contribution in [2.24, 2.45) is 17.1 Å². The zero-order chi connectivity index (χ0) is 52.7. The Balaban J connectivity index is 2.56. The first-order valence-corrected chi connectivity index (χ1v) is 22.9. The lowest BCUT2D eigenvalue weighted by molar-refractivity contribution is -0.142. The van der Waals surface area contributed by atoms with Crippen LogP contribution in [0.4, 0.5) is 0 Å². The second-order valence-corrected chi connectivity index (χ2v) is 18.2. The van der Waals surface area contributed by atoms with Crippen molar-refractivity contribution in [2.75, 3.05) is 0 Å². The van der Waals surface area contributed by atoms with Crippen LogP contribution in [0, 0.1) is 11.3 Å². The summed E-state index contributed by atoms with van der Waals surface area (Å²) in [6.45, 7) is 10.5. The van der Waals surface area contributed by atoms with Crippen LogP contribution < -0.4 is 42.4 Å². The summed E-state index contributed by atoms with van der Waals surface area (Å²) in [5, 5.41) is 42.7. The van der Waals surface area contributed by atoms with E-state index in [-0.39, 0.29) is 31.8 Å². The number of hydrogen-bond acceptors (Lipinski definition) is 12. The largest absolute Gasteiger partial charge is 0.489 e. The number of rotatable bonds is 31. The second kappa shape index (κ2) is 28.8. The SMILES string of the molecule is CCCCC(NC(=O)[C@H](CC(C)C)NC(=O)[C@@H](NC(=O)[C@H](Cc1ccc(OCc2ccccc2)cc1)NC(=O)[C@H](CCC(=O)O)NC(=O)[C@H](CC(=O)O)NC(=O)CCC(=O)O)C(C)(C)C)C(=O)C(N)=O. The maximum Gasteiger partial charge on any atom is 0.305 e. The molecule has 1 unspecified atom stereocenters. The smallest absolute Gasteiger partial charge is 0.305 e. The molecule has 2 aromatic carbocycles. The quantitative estimate of drug-likeness (QED) is 0.0476. The van der Waals surface area contributed by atoms with Crippen LogP contribution in [0.2, 0.25) is 0 Å². The number of carboxylic acids is 3. The number of nitrogens with two attached hydrogens (primary N) is 1. The minimum Gasteiger partial charge on any atom is -0.489 e. The summed E-state index contributed by atoms with van der Waals surface area (Å²) in [5.41, 5.74) is 5.52. The molecule has 0 spiro atoms. The Hall–Kier alpha value is -7.39. The summed E-state index contributed by atoms with van der Waals surface area (Å²) in [6.07, 6.45) is -2.53. The van der Waals surface area contributed by atoms with Crippen LogP contribution >= 0.6 is 0 Å². The van der Waals surface area contributed by atoms with E-state index in [0.717, 1.165) is 5.56 Å². The highest BCUT2D eigenvalue weighted by atomic mass is 16.5. The topological polar surface area (TPSA) is 356 Å². The number of Topliss-reactive ketones (excluding diaryl/α,β-unsaturated/α-hetero) is 1. The van der Waals surface area contributed by atoms with E-state index in [1.54, 1.807) is 58.9 Å². The number of nitrogens with one attached hydrogen (secondary N) is 6. The van der Waals surface area contributed by atoms with Crippen LogP contribution in [0.1, 0.15) is 110 Å². The molecule has 70 heavy (non-hydrogen) atoms. The Morgan fingerprint density at radius 3 is 1.67 bits per heavy atom. The van der Waals surface area contributed by atoms with E-state index in [1.165, 1.54) is 0 Å². The first kappa shape index (κ1) is 58.7. The number of carboxylic acid groups (broad SMARTS) is 3. The second-order valence-electron chi connectivity index (χ2n) is 18.2. The van der Waals surface area contributed by atoms with E-state index in [4.69, 9.17) is 15.6 Å². The number of unbranched alkanes of at least 4 members (excludes halogenated alkanes) is 1. The average Bonchev–Trinajstić information content (AvgIpc) is 3.28. The van der Waals surface area contributed by atoms with Crippen LogP contribution in [0.5, 0.6) is 5.75 Å². The fourth-order valence-electron chi connectivity index (χ4n) is 6.86. The van der Waals surface area contributed by atoms with Gasteiger partial charge >= 0.3 is 17.9 Å². The van der Waals surface area contributed by atoms with Gasteiger partial charge in [0.2, 0.25) is 41.2 Å². The molecule has 0 saturated heterocycles. The molecule has 0 aliphatic heterocycles. The van der Waals surface area contributed by atoms with E-state index in [0.29, 0.717) is 24.2 Å². The van der Waals surface area contributed by atoms with E-state index < -0.39 is 139 Å². The summed E-state index contributed by atoms with van der Waals surface area (Å²) < 4.78 is 5.88. The Labute approximate surface area is 406 Å². The van der Waals surface area contributed by atoms with Gasteiger partial charge in [0.1, 0.15) is 42.6 Å². The molecule has 384 valence electrons. The number of hydrogen-bond donors (Lipinski definition) is 10. The van der Waals surface area contributed by atoms with Crippen LogP contribution in [0.3, 0.4) is 0 Å². The standard InChI is InChI=1S/C48H67N7O15/c1-7-8-14-31(40(63)42(49)64)51-44(66)33(23-27(2)3)54-47(69)41(48(4,5)6)55-46(68)34(24-28-15-17-30(18-16-28)70-26-29-12-10-9-11-13-29)53-43(65)32(19-21-37(57)58)52-45(67)35(25-39(61)62)50-36(56)20-22-38(59)60/h9-13,15-18,27,31-35,41H,7-8,14,19-26H2,1-6H3,(H2,49,64)(H,50,56)(H,51,66)(H,52,67)(H,53,65)(H,54,69)(H,55,68)(H,57,58)(H,59,60)(H,61,62)/t31?,32-,33-,34-,35-,41+/m0/s1. The number of carbonyl (C=O) groups is 11. The summed E-state index contributed by atoms with van der Waals surface area (Å²) in [5.74, 6) is -12.2. The highest BCUT2D eigenvalue weighted by Crippen LogP contribution is 2.22. The number of benzene rings is 2. The van der Waals surface area contributed by atoms with Gasteiger partial charge in [-0.1, -0.05) is 96.8 Å². The molecule has 0 aliphatic carbocycles. The van der Waals surface area contributed by atoms with E-state index in [1.807, 2.05) is 37.3 Å². The van der Waals surface area contributed by atoms with E-state index >= 15 is 0 Å². The van der Waals surface area contributed by atoms with Crippen LogP contribution in [-0.4, -0.2) is 117 Å². The van der Waals surface area contributed by atoms with Gasteiger partial charge in [-0.2, -0.15) is 0 Å². The lowest BCUT2D eigenvalue weighted by Crippen LogP contribution is -2.62. The van der Waals surface area contributed by atoms with Gasteiger partial charge in [0, 0.05) is 19.3 Å². The monoisotopic (exact) mass is 981 g/mol. The Kier molecular flexibility index (Phi) is 24.2. The molecule has 22 nitrogen and oxygen atoms in total. The zero-order valence-electron chi connectivity index (χ0n) is 40.3. The van der Waals surface area contributed by atoms with Crippen molar-refractivity contribution in [3.63, 3.8) is 0 Å². The molecule has 0 fully saturated rings. The van der Waals surface area contributed by atoms with E-state index in [9.17, 15) is 63.0 Å². The molecule has 11 N–H and O–H groups in total. The third-order valence-electron chi connectivity index (χ3n) is 10.6. The average molecular weight is 982 g/mol. The van der Waals surface area contributed by atoms with Crippen molar-refractivity contribution in [1.29, 1.82) is 0 Å². The minimum atomic E-state index is -1.83. The van der Waals surface area contributed by atoms with Crippen LogP contribution in [0.25, 0.3) is 0 Å². The molecular weight excluding hydrogens is 915 g/mol. The Bertz CT molecular complexity index is 2160. The molecule has 0 saturated carbocycles. The summed E-state index contributed by atoms with van der Waals surface area (Å²) in [7, 11) is 0. The van der Waals surface area contributed by atoms with Gasteiger partial charge in [-0.05, 0) is 53.9 Å². The summed E-state index contributed by atoms with van der Waals surface area (Å²) in [6, 6.07) is 6.70. The molecule has 2 aromatic rings. The molecule has 22 heteroatoms. The number of primary amides is 1. The van der Waals surface area contributed by atoms with Crippen LogP contribution in [-0.2, 0) is 65.8 Å². The summed E-state index contributed by atoms with van der Waals surface area (Å²) in [4.78, 5) is 141. The molecule has 0 aromatic heterocycles. The highest BCUT2D eigenvalue weighted by molar-refractivity contribution is 6.37. The fraction of sp³-hybridized carbons (Fsp3) is 0.521. The molecule has 2 rings (SSSR count). The van der Waals surface area contributed by atoms with Gasteiger partial charge in [-0.3, -0.25) is 52.7 Å². The number of carbonyl (C=O) groups excluding carboxylic acids is 8. The molecule has 6 atom stereocenters. The molecule has 0 heterocycles. The lowest BCUT2D eigenvalue weighted by atomic mass is 9.85. The normalized spacial score (nSPS) is 13.7. The maximum atomic E-state index is 14.5. The first-order valence-electron chi connectivity index (χ1n) is 22.9. The van der Waals surface area contributed by atoms with Gasteiger partial charge in [0.15, 0.2) is 0 Å². The van der Waals surface area contributed by atoms with Gasteiger partial charge < -0.3 is 57.7 Å². The van der Waals surface area contributed by atoms with Crippen molar-refractivity contribution in [1.82, 2.24) is 31.9 Å². The molecule has 0 bridgehead atoms. The first-order chi connectivity index (χ1) is 32.8. The fourth-order valence-corrected chi connectivity index (χ4v) is 6.86. The molecular formula is C48H67N7O15. The molecule has 7 amide bonds. The van der Waals surface area contributed by atoms with E-state index in [2.05, 4.69) is 31.9 Å². The maximum absolute atomic E-state index is 14.5. The zero-order valence-corrected chi connectivity index (χ0v) is 40.3. The van der Waals surface area contributed by atoms with Crippen molar-refractivity contribution >= 4 is 65.0 Å². The lowest BCUT2D eigenvalue weighted by Gasteiger charge is -2.34. The number of amides is 7. The summed E-state index contributed by atoms with van der Waals surface area (Å²) >= 11 is 0. The predicted octanol–water partition coefficient (Wildman–Crippen LogP) is 1.26. The van der Waals surface area contributed by atoms with Crippen molar-refractivity contribution in [2.45, 2.75) is 149 Å². The Morgan fingerprint density at radius 1 is 0.586 bits per heavy atom. The van der Waals surface area contributed by atoms with Gasteiger partial charge in [0.25, 0.3) is 5.91 Å². The van der Waals surface area contributed by atoms with Crippen molar-refractivity contribution in [3.05, 3.63) is 65.7 Å².